The highest BCUT2D eigenvalue weighted by Gasteiger charge is 2.11. The largest absolute Gasteiger partial charge is 0.478 e. The number of benzene rings is 1. The zero-order valence-corrected chi connectivity index (χ0v) is 12.1. The lowest BCUT2D eigenvalue weighted by Crippen LogP contribution is -2.09. The monoisotopic (exact) mass is 310 g/mol. The Morgan fingerprint density at radius 2 is 2.05 bits per heavy atom. The van der Waals surface area contributed by atoms with Gasteiger partial charge in [0, 0.05) is 16.2 Å². The number of carboxylic acids is 1. The molecule has 1 aromatic heterocycles. The van der Waals surface area contributed by atoms with Gasteiger partial charge in [0.2, 0.25) is 0 Å². The molecule has 6 heteroatoms. The third-order valence-electron chi connectivity index (χ3n) is 2.80. The van der Waals surface area contributed by atoms with Crippen LogP contribution in [-0.4, -0.2) is 16.1 Å². The number of hydrogen-bond donors (Lipinski definition) is 2. The summed E-state index contributed by atoms with van der Waals surface area (Å²) in [7, 11) is 0. The van der Waals surface area contributed by atoms with Gasteiger partial charge in [-0.25, -0.2) is 9.78 Å². The Kier molecular flexibility index (Phi) is 4.47. The third kappa shape index (κ3) is 3.40. The van der Waals surface area contributed by atoms with Crippen LogP contribution in [0.3, 0.4) is 0 Å². The highest BCUT2D eigenvalue weighted by molar-refractivity contribution is 6.35. The average Bonchev–Trinajstić information content (AvgIpc) is 2.39. The molecule has 0 saturated heterocycles. The van der Waals surface area contributed by atoms with Gasteiger partial charge in [-0.3, -0.25) is 0 Å². The van der Waals surface area contributed by atoms with Gasteiger partial charge in [0.25, 0.3) is 0 Å². The number of aromatic carboxylic acids is 1. The predicted molar refractivity (Wildman–Crippen MR) is 79.7 cm³/mol. The van der Waals surface area contributed by atoms with Crippen molar-refractivity contribution in [3.63, 3.8) is 0 Å². The van der Waals surface area contributed by atoms with Crippen LogP contribution in [0.15, 0.2) is 36.5 Å². The molecule has 0 saturated carbocycles. The first-order valence-corrected chi connectivity index (χ1v) is 6.64. The van der Waals surface area contributed by atoms with Gasteiger partial charge in [0.1, 0.15) is 5.82 Å². The maximum Gasteiger partial charge on any atom is 0.337 e. The molecule has 1 aromatic carbocycles. The molecule has 20 heavy (non-hydrogen) atoms. The summed E-state index contributed by atoms with van der Waals surface area (Å²) in [6.07, 6.45) is 1.31. The molecule has 104 valence electrons. The fourth-order valence-corrected chi connectivity index (χ4v) is 2.33. The average molecular weight is 311 g/mol. The van der Waals surface area contributed by atoms with Gasteiger partial charge >= 0.3 is 5.97 Å². The lowest BCUT2D eigenvalue weighted by Gasteiger charge is -2.16. The molecular formula is C14H12Cl2N2O2. The minimum absolute atomic E-state index is 0.0806. The van der Waals surface area contributed by atoms with E-state index in [9.17, 15) is 4.79 Å². The molecular weight excluding hydrogens is 299 g/mol. The molecule has 1 atom stereocenters. The van der Waals surface area contributed by atoms with Crippen LogP contribution in [0.2, 0.25) is 10.0 Å². The molecule has 0 aliphatic carbocycles. The van der Waals surface area contributed by atoms with Gasteiger partial charge in [-0.05, 0) is 36.8 Å². The highest BCUT2D eigenvalue weighted by atomic mass is 35.5. The summed E-state index contributed by atoms with van der Waals surface area (Å²) in [5.74, 6) is -0.425. The Hall–Kier alpha value is -1.78. The normalized spacial score (nSPS) is 11.9. The topological polar surface area (TPSA) is 62.2 Å². The number of nitrogens with one attached hydrogen (secondary N) is 1. The van der Waals surface area contributed by atoms with E-state index in [1.165, 1.54) is 12.3 Å². The van der Waals surface area contributed by atoms with Crippen molar-refractivity contribution in [2.45, 2.75) is 13.0 Å². The quantitative estimate of drug-likeness (QED) is 0.885. The van der Waals surface area contributed by atoms with Crippen molar-refractivity contribution in [1.82, 2.24) is 4.98 Å². The fraction of sp³-hybridized carbons (Fsp3) is 0.143. The summed E-state index contributed by atoms with van der Waals surface area (Å²) < 4.78 is 0. The molecule has 1 unspecified atom stereocenters. The number of aromatic nitrogens is 1. The van der Waals surface area contributed by atoms with Crippen molar-refractivity contribution in [2.24, 2.45) is 0 Å². The van der Waals surface area contributed by atoms with Crippen LogP contribution in [0.25, 0.3) is 0 Å². The molecule has 0 fully saturated rings. The summed E-state index contributed by atoms with van der Waals surface area (Å²) in [6, 6.07) is 8.31. The number of carbonyl (C=O) groups is 1. The zero-order valence-electron chi connectivity index (χ0n) is 10.6. The van der Waals surface area contributed by atoms with Crippen LogP contribution >= 0.6 is 23.2 Å². The summed E-state index contributed by atoms with van der Waals surface area (Å²) in [5, 5.41) is 13.1. The molecule has 2 N–H and O–H groups in total. The summed E-state index contributed by atoms with van der Waals surface area (Å²) in [6.45, 7) is 1.93. The Labute approximate surface area is 126 Å². The number of hydrogen-bond acceptors (Lipinski definition) is 3. The van der Waals surface area contributed by atoms with E-state index in [4.69, 9.17) is 28.3 Å². The minimum atomic E-state index is -1.00. The number of rotatable bonds is 4. The molecule has 4 nitrogen and oxygen atoms in total. The van der Waals surface area contributed by atoms with E-state index in [0.717, 1.165) is 5.56 Å². The van der Waals surface area contributed by atoms with Gasteiger partial charge in [-0.2, -0.15) is 0 Å². The number of nitrogens with zero attached hydrogens (tertiary/aromatic N) is 1. The second-order valence-electron chi connectivity index (χ2n) is 4.27. The van der Waals surface area contributed by atoms with Crippen LogP contribution in [0.4, 0.5) is 5.82 Å². The van der Waals surface area contributed by atoms with E-state index in [1.54, 1.807) is 18.2 Å². The third-order valence-corrected chi connectivity index (χ3v) is 3.37. The van der Waals surface area contributed by atoms with Gasteiger partial charge in [-0.15, -0.1) is 0 Å². The Morgan fingerprint density at radius 1 is 1.30 bits per heavy atom. The van der Waals surface area contributed by atoms with Crippen molar-refractivity contribution >= 4 is 35.0 Å². The second-order valence-corrected chi connectivity index (χ2v) is 5.11. The first-order chi connectivity index (χ1) is 9.47. The SMILES string of the molecule is CC(Nc1ccc(C(=O)O)cn1)c1ccc(Cl)cc1Cl. The minimum Gasteiger partial charge on any atom is -0.478 e. The van der Waals surface area contributed by atoms with Gasteiger partial charge in [0.05, 0.1) is 11.6 Å². The van der Waals surface area contributed by atoms with E-state index < -0.39 is 5.97 Å². The van der Waals surface area contributed by atoms with Crippen LogP contribution < -0.4 is 5.32 Å². The number of anilines is 1. The molecule has 0 aliphatic heterocycles. The van der Waals surface area contributed by atoms with Crippen LogP contribution in [0.1, 0.15) is 28.9 Å². The first kappa shape index (κ1) is 14.6. The Bertz CT molecular complexity index is 630. The van der Waals surface area contributed by atoms with Crippen molar-refractivity contribution in [3.8, 4) is 0 Å². The Morgan fingerprint density at radius 3 is 2.60 bits per heavy atom. The van der Waals surface area contributed by atoms with Crippen LogP contribution in [0.5, 0.6) is 0 Å². The van der Waals surface area contributed by atoms with Crippen molar-refractivity contribution in [3.05, 3.63) is 57.7 Å². The summed E-state index contributed by atoms with van der Waals surface area (Å²) in [5.41, 5.74) is 1.04. The smallest absolute Gasteiger partial charge is 0.337 e. The van der Waals surface area contributed by atoms with E-state index in [2.05, 4.69) is 10.3 Å². The first-order valence-electron chi connectivity index (χ1n) is 5.88. The lowest BCUT2D eigenvalue weighted by atomic mass is 10.1. The molecule has 0 radical (unpaired) electrons. The lowest BCUT2D eigenvalue weighted by molar-refractivity contribution is 0.0696. The number of pyridine rings is 1. The maximum atomic E-state index is 10.7. The molecule has 0 spiro atoms. The number of halogens is 2. The van der Waals surface area contributed by atoms with E-state index in [1.807, 2.05) is 13.0 Å². The zero-order chi connectivity index (χ0) is 14.7. The van der Waals surface area contributed by atoms with E-state index in [0.29, 0.717) is 15.9 Å². The fourth-order valence-electron chi connectivity index (χ4n) is 1.76. The van der Waals surface area contributed by atoms with Gasteiger partial charge in [-0.1, -0.05) is 29.3 Å². The molecule has 2 rings (SSSR count). The molecule has 1 heterocycles. The van der Waals surface area contributed by atoms with Crippen LogP contribution in [0, 0.1) is 0 Å². The van der Waals surface area contributed by atoms with Gasteiger partial charge in [0.15, 0.2) is 0 Å². The Balaban J connectivity index is 2.14. The molecule has 0 amide bonds. The van der Waals surface area contributed by atoms with Crippen LogP contribution in [-0.2, 0) is 0 Å². The van der Waals surface area contributed by atoms with Gasteiger partial charge < -0.3 is 10.4 Å². The van der Waals surface area contributed by atoms with Crippen molar-refractivity contribution in [1.29, 1.82) is 0 Å². The summed E-state index contributed by atoms with van der Waals surface area (Å²) >= 11 is 12.0. The standard InChI is InChI=1S/C14H12Cl2N2O2/c1-8(11-4-3-10(15)6-12(11)16)18-13-5-2-9(7-17-13)14(19)20/h2-8H,1H3,(H,17,18)(H,19,20). The predicted octanol–water partition coefficient (Wildman–Crippen LogP) is 4.26. The molecule has 0 bridgehead atoms. The summed E-state index contributed by atoms with van der Waals surface area (Å²) in [4.78, 5) is 14.8. The van der Waals surface area contributed by atoms with Crippen molar-refractivity contribution in [2.75, 3.05) is 5.32 Å². The number of carboxylic acid groups (broad SMARTS) is 1. The second kappa shape index (κ2) is 6.11. The van der Waals surface area contributed by atoms with E-state index >= 15 is 0 Å². The highest BCUT2D eigenvalue weighted by Crippen LogP contribution is 2.27. The molecule has 0 aliphatic rings. The maximum absolute atomic E-state index is 10.7. The van der Waals surface area contributed by atoms with Crippen molar-refractivity contribution < 1.29 is 9.90 Å². The van der Waals surface area contributed by atoms with E-state index in [-0.39, 0.29) is 11.6 Å². The molecule has 2 aromatic rings.